The number of imidazole rings is 1. The molecule has 0 radical (unpaired) electrons. The number of carbonyl (C=O) groups excluding carboxylic acids is 3. The van der Waals surface area contributed by atoms with E-state index in [9.17, 15) is 57.9 Å². The lowest BCUT2D eigenvalue weighted by atomic mass is 9.87. The predicted octanol–water partition coefficient (Wildman–Crippen LogP) is -2.51. The van der Waals surface area contributed by atoms with E-state index in [4.69, 9.17) is 10.5 Å². The Hall–Kier alpha value is -3.42. The largest absolute Gasteiger partial charge is 0.790 e. The molecule has 1 aromatic carbocycles. The van der Waals surface area contributed by atoms with Crippen molar-refractivity contribution in [3.63, 3.8) is 0 Å². The SMILES string of the molecule is CNc1ccccc1C(=O)SCCNC(=O)CCNC(=O)[C@H](O)C(C)(C)COP(=O)([O-])OP(=O)([O-])OCC1O[C@@H](n2cnc3c(N)ncnc32)[C@@H](O)[C@H]1OP(=O)([O-])[O-]. The van der Waals surface area contributed by atoms with Crippen LogP contribution in [-0.4, -0.2) is 110 Å². The molecule has 0 spiro atoms. The van der Waals surface area contributed by atoms with Crippen molar-refractivity contribution in [3.05, 3.63) is 42.5 Å². The number of aliphatic hydroxyl groups is 2. The third-order valence-corrected chi connectivity index (χ3v) is 12.0. The number of fused-ring (bicyclic) bond motifs is 1. The molecule has 0 saturated carbocycles. The summed E-state index contributed by atoms with van der Waals surface area (Å²) in [5.41, 5.74) is 5.20. The van der Waals surface area contributed by atoms with E-state index in [1.165, 1.54) is 13.8 Å². The maximum absolute atomic E-state index is 12.6. The first-order chi connectivity index (χ1) is 27.0. The number of phosphoric ester groups is 3. The van der Waals surface area contributed by atoms with E-state index < -0.39 is 84.6 Å². The smallest absolute Gasteiger partial charge is 0.274 e. The number of phosphoric acid groups is 3. The number of nitrogens with zero attached hydrogens (tertiary/aromatic N) is 4. The molecular formula is C29H39N8O17P3S-4. The summed E-state index contributed by atoms with van der Waals surface area (Å²) < 4.78 is 60.6. The number of ether oxygens (including phenoxy) is 1. The number of nitrogen functional groups attached to an aromatic ring is 1. The van der Waals surface area contributed by atoms with Crippen LogP contribution in [0.5, 0.6) is 0 Å². The van der Waals surface area contributed by atoms with Gasteiger partial charge < -0.3 is 74.3 Å². The normalized spacial score (nSPS) is 21.2. The highest BCUT2D eigenvalue weighted by Gasteiger charge is 2.47. The van der Waals surface area contributed by atoms with Gasteiger partial charge in [0, 0.05) is 43.4 Å². The topological polar surface area (TPSA) is 387 Å². The monoisotopic (exact) mass is 896 g/mol. The van der Waals surface area contributed by atoms with Crippen LogP contribution in [0, 0.1) is 5.41 Å². The predicted molar refractivity (Wildman–Crippen MR) is 194 cm³/mol. The van der Waals surface area contributed by atoms with Crippen LogP contribution in [0.3, 0.4) is 0 Å². The van der Waals surface area contributed by atoms with Crippen molar-refractivity contribution in [1.29, 1.82) is 0 Å². The molecule has 1 aliphatic rings. The van der Waals surface area contributed by atoms with Crippen LogP contribution in [0.15, 0.2) is 36.9 Å². The Balaban J connectivity index is 1.23. The second kappa shape index (κ2) is 19.8. The highest BCUT2D eigenvalue weighted by molar-refractivity contribution is 8.14. The van der Waals surface area contributed by atoms with Gasteiger partial charge in [-0.3, -0.25) is 28.1 Å². The fourth-order valence-electron chi connectivity index (χ4n) is 5.21. The van der Waals surface area contributed by atoms with E-state index in [0.717, 1.165) is 29.0 Å². The molecule has 0 aliphatic carbocycles. The molecule has 4 rings (SSSR count). The molecule has 2 aromatic heterocycles. The highest BCUT2D eigenvalue weighted by atomic mass is 32.2. The molecule has 0 bridgehead atoms. The summed E-state index contributed by atoms with van der Waals surface area (Å²) in [6.45, 7) is 0.0140. The van der Waals surface area contributed by atoms with Gasteiger partial charge in [0.2, 0.25) is 16.9 Å². The number of aromatic nitrogens is 4. The third kappa shape index (κ3) is 13.0. The molecule has 3 aromatic rings. The molecule has 322 valence electrons. The zero-order valence-electron chi connectivity index (χ0n) is 30.7. The Labute approximate surface area is 333 Å². The summed E-state index contributed by atoms with van der Waals surface area (Å²) in [5.74, 6) is -1.31. The van der Waals surface area contributed by atoms with Crippen LogP contribution >= 0.6 is 35.2 Å². The standard InChI is InChI=1S/C29H43N8O17P3S/c1-29(2,23(40)26(41)33-9-8-19(38)32-10-11-58-28(42)16-6-4-5-7-17(16)31-3)13-51-57(48,49)54-56(46,47)50-12-18-22(53-55(43,44)45)21(39)27(52-18)37-15-36-20-24(30)34-14-35-25(20)37/h4-7,14-15,18,21-23,27,31,39-40H,8-13H2,1-3H3,(H,32,38)(H,33,41)(H,46,47)(H,48,49)(H2,30,34,35)(H2,43,44,45)/p-4/t18?,21-,22-,23-,27+/m0/s1. The van der Waals surface area contributed by atoms with Gasteiger partial charge >= 0.3 is 0 Å². The number of thioether (sulfide) groups is 1. The Morgan fingerprint density at radius 3 is 2.43 bits per heavy atom. The van der Waals surface area contributed by atoms with E-state index in [0.29, 0.717) is 11.3 Å². The summed E-state index contributed by atoms with van der Waals surface area (Å²) in [7, 11) is -15.9. The number of amides is 2. The second-order valence-electron chi connectivity index (χ2n) is 12.9. The Kier molecular flexibility index (Phi) is 16.1. The second-order valence-corrected chi connectivity index (χ2v) is 18.0. The van der Waals surface area contributed by atoms with Crippen molar-refractivity contribution in [3.8, 4) is 0 Å². The zero-order chi connectivity index (χ0) is 43.1. The average molecular weight is 897 g/mol. The van der Waals surface area contributed by atoms with Crippen LogP contribution in [-0.2, 0) is 45.9 Å². The van der Waals surface area contributed by atoms with Crippen molar-refractivity contribution in [1.82, 2.24) is 30.2 Å². The number of aliphatic hydroxyl groups excluding tert-OH is 2. The van der Waals surface area contributed by atoms with Crippen molar-refractivity contribution in [2.24, 2.45) is 5.41 Å². The van der Waals surface area contributed by atoms with Crippen molar-refractivity contribution in [2.75, 3.05) is 50.2 Å². The third-order valence-electron chi connectivity index (χ3n) is 8.13. The van der Waals surface area contributed by atoms with Crippen molar-refractivity contribution < 1.29 is 80.5 Å². The van der Waals surface area contributed by atoms with Crippen LogP contribution in [0.1, 0.15) is 36.9 Å². The van der Waals surface area contributed by atoms with Crippen LogP contribution in [0.2, 0.25) is 0 Å². The van der Waals surface area contributed by atoms with E-state index in [1.54, 1.807) is 31.3 Å². The molecule has 29 heteroatoms. The number of nitrogens with one attached hydrogen (secondary N) is 3. The van der Waals surface area contributed by atoms with Crippen LogP contribution in [0.25, 0.3) is 11.2 Å². The van der Waals surface area contributed by atoms with Gasteiger partial charge in [0.15, 0.2) is 17.7 Å². The van der Waals surface area contributed by atoms with E-state index in [2.05, 4.69) is 48.8 Å². The first kappa shape index (κ1) is 47.3. The molecule has 2 amide bonds. The number of para-hydroxylation sites is 1. The summed E-state index contributed by atoms with van der Waals surface area (Å²) in [6.07, 6.45) is -7.64. The molecule has 1 aliphatic heterocycles. The number of nitrogens with two attached hydrogens (primary N) is 1. The maximum Gasteiger partial charge on any atom is 0.274 e. The lowest BCUT2D eigenvalue weighted by Crippen LogP contribution is -2.46. The molecule has 58 heavy (non-hydrogen) atoms. The Bertz CT molecular complexity index is 2090. The fraction of sp³-hybridized carbons (Fsp3) is 0.517. The fourth-order valence-corrected chi connectivity index (χ4v) is 8.67. The number of benzene rings is 1. The Morgan fingerprint density at radius 2 is 1.74 bits per heavy atom. The van der Waals surface area contributed by atoms with Gasteiger partial charge in [-0.05, 0) is 12.1 Å². The number of rotatable bonds is 21. The molecule has 3 heterocycles. The van der Waals surface area contributed by atoms with Gasteiger partial charge in [-0.25, -0.2) is 19.3 Å². The minimum absolute atomic E-state index is 0.0237. The quantitative estimate of drug-likeness (QED) is 0.0475. The summed E-state index contributed by atoms with van der Waals surface area (Å²) in [4.78, 5) is 96.7. The number of hydrogen-bond acceptors (Lipinski definition) is 23. The molecular weight excluding hydrogens is 857 g/mol. The number of hydrogen-bond donors (Lipinski definition) is 6. The van der Waals surface area contributed by atoms with Crippen molar-refractivity contribution in [2.45, 2.75) is 50.9 Å². The molecule has 7 atom stereocenters. The zero-order valence-corrected chi connectivity index (χ0v) is 34.2. The van der Waals surface area contributed by atoms with Gasteiger partial charge in [-0.15, -0.1) is 0 Å². The number of anilines is 2. The van der Waals surface area contributed by atoms with Crippen molar-refractivity contribution >= 4 is 74.8 Å². The first-order valence-corrected chi connectivity index (χ1v) is 22.2. The van der Waals surface area contributed by atoms with Gasteiger partial charge in [0.1, 0.15) is 36.3 Å². The molecule has 1 fully saturated rings. The van der Waals surface area contributed by atoms with Gasteiger partial charge in [0.25, 0.3) is 15.6 Å². The Morgan fingerprint density at radius 1 is 1.05 bits per heavy atom. The van der Waals surface area contributed by atoms with Crippen LogP contribution in [0.4, 0.5) is 11.5 Å². The highest BCUT2D eigenvalue weighted by Crippen LogP contribution is 2.56. The lowest BCUT2D eigenvalue weighted by Gasteiger charge is -2.36. The van der Waals surface area contributed by atoms with Crippen LogP contribution < -0.4 is 41.3 Å². The van der Waals surface area contributed by atoms with Gasteiger partial charge in [-0.1, -0.05) is 37.7 Å². The first-order valence-electron chi connectivity index (χ1n) is 16.8. The van der Waals surface area contributed by atoms with E-state index >= 15 is 0 Å². The summed E-state index contributed by atoms with van der Waals surface area (Å²) in [6, 6.07) is 6.92. The number of carbonyl (C=O) groups is 3. The molecule has 25 nitrogen and oxygen atoms in total. The van der Waals surface area contributed by atoms with Gasteiger partial charge in [0.05, 0.1) is 32.9 Å². The molecule has 1 saturated heterocycles. The van der Waals surface area contributed by atoms with E-state index in [1.807, 2.05) is 0 Å². The summed E-state index contributed by atoms with van der Waals surface area (Å²) >= 11 is 1.00. The minimum Gasteiger partial charge on any atom is -0.790 e. The average Bonchev–Trinajstić information content (AvgIpc) is 3.71. The summed E-state index contributed by atoms with van der Waals surface area (Å²) in [5, 5.41) is 29.0. The van der Waals surface area contributed by atoms with Gasteiger partial charge in [-0.2, -0.15) is 0 Å². The minimum atomic E-state index is -5.92. The molecule has 7 N–H and O–H groups in total. The molecule has 3 unspecified atom stereocenters. The van der Waals surface area contributed by atoms with E-state index in [-0.39, 0.29) is 47.4 Å². The lowest BCUT2D eigenvalue weighted by molar-refractivity contribution is -0.347. The maximum atomic E-state index is 12.6.